The molecule has 1 amide bonds. The van der Waals surface area contributed by atoms with Gasteiger partial charge >= 0.3 is 0 Å². The first-order valence-electron chi connectivity index (χ1n) is 14.6. The molecule has 6 nitrogen and oxygen atoms in total. The molecule has 1 fully saturated rings. The van der Waals surface area contributed by atoms with E-state index in [0.29, 0.717) is 19.1 Å². The molecule has 1 aromatic heterocycles. The van der Waals surface area contributed by atoms with Gasteiger partial charge in [0.05, 0.1) is 24.9 Å². The molecule has 4 aromatic rings. The second-order valence-electron chi connectivity index (χ2n) is 10.7. The minimum absolute atomic E-state index is 0.0260. The monoisotopic (exact) mass is 549 g/mol. The lowest BCUT2D eigenvalue weighted by Crippen LogP contribution is -2.27. The lowest BCUT2D eigenvalue weighted by atomic mass is 9.73. The third-order valence-electron chi connectivity index (χ3n) is 7.85. The summed E-state index contributed by atoms with van der Waals surface area (Å²) in [6.45, 7) is 0.950. The van der Waals surface area contributed by atoms with Crippen LogP contribution < -0.4 is 4.74 Å². The first-order chi connectivity index (χ1) is 20.1. The summed E-state index contributed by atoms with van der Waals surface area (Å²) in [5, 5.41) is 17.4. The fourth-order valence-electron chi connectivity index (χ4n) is 5.32. The lowest BCUT2D eigenvalue weighted by Gasteiger charge is -2.31. The summed E-state index contributed by atoms with van der Waals surface area (Å²) in [7, 11) is 1.69. The lowest BCUT2D eigenvalue weighted by molar-refractivity contribution is -0.125. The van der Waals surface area contributed by atoms with Crippen LogP contribution in [0.2, 0.25) is 0 Å². The standard InChI is InChI=1S/C35H39N3O3/c1-38(21-22-39)33(40)14-7-2-3-8-23-41-31-18-15-28(16-19-31)35(29-17-20-32-30(24-29)25-36-37-32)34(27-12-9-13-27)26-10-5-4-6-11-26/h4-7,10-11,14-20,24-25,27,39H,2-3,8-9,12-13,21-23H2,1H3,(H,36,37)/b14-7+,35-34-. The van der Waals surface area contributed by atoms with Gasteiger partial charge < -0.3 is 14.7 Å². The number of likely N-dealkylation sites (N-methyl/N-ethyl adjacent to an activating group) is 1. The van der Waals surface area contributed by atoms with Gasteiger partial charge in [-0.05, 0) is 96.2 Å². The Morgan fingerprint density at radius 3 is 2.54 bits per heavy atom. The number of amides is 1. The van der Waals surface area contributed by atoms with Gasteiger partial charge in [-0.25, -0.2) is 0 Å². The van der Waals surface area contributed by atoms with Crippen molar-refractivity contribution in [2.24, 2.45) is 5.92 Å². The molecule has 3 aromatic carbocycles. The molecule has 6 heteroatoms. The van der Waals surface area contributed by atoms with E-state index in [0.717, 1.165) is 35.9 Å². The van der Waals surface area contributed by atoms with Crippen LogP contribution in [-0.4, -0.2) is 52.9 Å². The zero-order valence-corrected chi connectivity index (χ0v) is 23.8. The van der Waals surface area contributed by atoms with Crippen molar-refractivity contribution in [3.8, 4) is 5.75 Å². The van der Waals surface area contributed by atoms with Crippen molar-refractivity contribution in [1.29, 1.82) is 0 Å². The molecule has 0 atom stereocenters. The Morgan fingerprint density at radius 1 is 1.02 bits per heavy atom. The maximum Gasteiger partial charge on any atom is 0.246 e. The number of hydrogen-bond acceptors (Lipinski definition) is 4. The van der Waals surface area contributed by atoms with E-state index in [2.05, 4.69) is 83.0 Å². The van der Waals surface area contributed by atoms with Crippen molar-refractivity contribution in [2.45, 2.75) is 38.5 Å². The largest absolute Gasteiger partial charge is 0.494 e. The van der Waals surface area contributed by atoms with E-state index in [4.69, 9.17) is 9.84 Å². The predicted molar refractivity (Wildman–Crippen MR) is 165 cm³/mol. The Labute approximate surface area is 242 Å². The molecule has 0 spiro atoms. The zero-order valence-electron chi connectivity index (χ0n) is 23.8. The van der Waals surface area contributed by atoms with Crippen molar-refractivity contribution in [1.82, 2.24) is 15.1 Å². The molecular weight excluding hydrogens is 510 g/mol. The average molecular weight is 550 g/mol. The molecule has 5 rings (SSSR count). The van der Waals surface area contributed by atoms with Crippen LogP contribution in [0.25, 0.3) is 22.0 Å². The van der Waals surface area contributed by atoms with Crippen molar-refractivity contribution in [2.75, 3.05) is 26.8 Å². The van der Waals surface area contributed by atoms with Gasteiger partial charge in [0.25, 0.3) is 0 Å². The molecule has 0 saturated heterocycles. The molecule has 1 saturated carbocycles. The smallest absolute Gasteiger partial charge is 0.246 e. The molecule has 41 heavy (non-hydrogen) atoms. The summed E-state index contributed by atoms with van der Waals surface area (Å²) >= 11 is 0. The number of fused-ring (bicyclic) bond motifs is 1. The van der Waals surface area contributed by atoms with Gasteiger partial charge in [0, 0.05) is 19.0 Å². The molecule has 0 unspecified atom stereocenters. The molecule has 212 valence electrons. The van der Waals surface area contributed by atoms with Gasteiger partial charge in [-0.15, -0.1) is 0 Å². The average Bonchev–Trinajstić information content (AvgIpc) is 3.45. The fourth-order valence-corrected chi connectivity index (χ4v) is 5.32. The number of benzene rings is 3. The molecule has 1 heterocycles. The van der Waals surface area contributed by atoms with Crippen molar-refractivity contribution < 1.29 is 14.6 Å². The van der Waals surface area contributed by atoms with Gasteiger partial charge in [-0.2, -0.15) is 5.10 Å². The third kappa shape index (κ3) is 7.14. The number of rotatable bonds is 13. The summed E-state index contributed by atoms with van der Waals surface area (Å²) in [6, 6.07) is 25.9. The van der Waals surface area contributed by atoms with Crippen molar-refractivity contribution in [3.63, 3.8) is 0 Å². The summed E-state index contributed by atoms with van der Waals surface area (Å²) in [6.07, 6.45) is 11.7. The highest BCUT2D eigenvalue weighted by Crippen LogP contribution is 2.45. The van der Waals surface area contributed by atoms with E-state index in [1.54, 1.807) is 13.1 Å². The number of H-pyrrole nitrogens is 1. The zero-order chi connectivity index (χ0) is 28.4. The quantitative estimate of drug-likeness (QED) is 0.108. The van der Waals surface area contributed by atoms with E-state index in [9.17, 15) is 4.79 Å². The summed E-state index contributed by atoms with van der Waals surface area (Å²) in [4.78, 5) is 13.4. The van der Waals surface area contributed by atoms with Gasteiger partial charge in [0.15, 0.2) is 0 Å². The second kappa shape index (κ2) is 14.0. The first-order valence-corrected chi connectivity index (χ1v) is 14.6. The predicted octanol–water partition coefficient (Wildman–Crippen LogP) is 6.88. The number of allylic oxidation sites excluding steroid dienone is 2. The summed E-state index contributed by atoms with van der Waals surface area (Å²) in [5.41, 5.74) is 7.41. The van der Waals surface area contributed by atoms with E-state index in [-0.39, 0.29) is 12.5 Å². The molecule has 0 bridgehead atoms. The van der Waals surface area contributed by atoms with Crippen LogP contribution in [0.4, 0.5) is 0 Å². The number of nitrogens with one attached hydrogen (secondary N) is 1. The van der Waals surface area contributed by atoms with Crippen molar-refractivity contribution >= 4 is 28.0 Å². The van der Waals surface area contributed by atoms with E-state index >= 15 is 0 Å². The van der Waals surface area contributed by atoms with Crippen LogP contribution in [0.3, 0.4) is 0 Å². The van der Waals surface area contributed by atoms with Gasteiger partial charge in [0.2, 0.25) is 5.91 Å². The number of ether oxygens (including phenoxy) is 1. The highest BCUT2D eigenvalue weighted by atomic mass is 16.5. The van der Waals surface area contributed by atoms with Gasteiger partial charge in [0.1, 0.15) is 5.75 Å². The summed E-state index contributed by atoms with van der Waals surface area (Å²) in [5.74, 6) is 1.32. The minimum atomic E-state index is -0.0822. The van der Waals surface area contributed by atoms with E-state index in [1.807, 2.05) is 12.3 Å². The number of aromatic nitrogens is 2. The fraction of sp³-hybridized carbons (Fsp3) is 0.314. The minimum Gasteiger partial charge on any atom is -0.494 e. The SMILES string of the molecule is CN(CCO)C(=O)/C=C/CCCCOc1ccc(/C(=C(\c2ccccc2)C2CCC2)c2ccc3[nH]ncc3c2)cc1. The van der Waals surface area contributed by atoms with Crippen LogP contribution in [0.15, 0.2) is 91.1 Å². The topological polar surface area (TPSA) is 78.5 Å². The van der Waals surface area contributed by atoms with E-state index in [1.165, 1.54) is 52.0 Å². The van der Waals surface area contributed by atoms with Crippen LogP contribution in [0, 0.1) is 5.92 Å². The number of carbonyl (C=O) groups is 1. The molecule has 1 aliphatic rings. The number of hydrogen-bond donors (Lipinski definition) is 2. The number of aromatic amines is 1. The molecule has 0 radical (unpaired) electrons. The maximum atomic E-state index is 11.9. The molecule has 0 aliphatic heterocycles. The maximum absolute atomic E-state index is 11.9. The van der Waals surface area contributed by atoms with Gasteiger partial charge in [-0.1, -0.05) is 61.0 Å². The van der Waals surface area contributed by atoms with Crippen molar-refractivity contribution in [3.05, 3.63) is 108 Å². The second-order valence-corrected chi connectivity index (χ2v) is 10.7. The Kier molecular flexibility index (Phi) is 9.65. The third-order valence-corrected chi connectivity index (χ3v) is 7.85. The van der Waals surface area contributed by atoms with Crippen LogP contribution in [0.1, 0.15) is 55.2 Å². The molecular formula is C35H39N3O3. The number of aliphatic hydroxyl groups is 1. The Hall–Kier alpha value is -4.16. The Balaban J connectivity index is 1.30. The van der Waals surface area contributed by atoms with Gasteiger partial charge in [-0.3, -0.25) is 9.89 Å². The number of carbonyl (C=O) groups excluding carboxylic acids is 1. The molecule has 1 aliphatic carbocycles. The first kappa shape index (κ1) is 28.4. The van der Waals surface area contributed by atoms with Crippen LogP contribution in [0.5, 0.6) is 5.75 Å². The highest BCUT2D eigenvalue weighted by Gasteiger charge is 2.27. The summed E-state index contributed by atoms with van der Waals surface area (Å²) < 4.78 is 6.06. The normalized spacial score (nSPS) is 14.2. The van der Waals surface area contributed by atoms with Crippen LogP contribution in [-0.2, 0) is 4.79 Å². The number of aliphatic hydroxyl groups excluding tert-OH is 1. The highest BCUT2D eigenvalue weighted by molar-refractivity contribution is 6.01. The number of nitrogens with zero attached hydrogens (tertiary/aromatic N) is 2. The van der Waals surface area contributed by atoms with E-state index < -0.39 is 0 Å². The number of unbranched alkanes of at least 4 members (excludes halogenated alkanes) is 2. The van der Waals surface area contributed by atoms with Crippen LogP contribution >= 0.6 is 0 Å². The Morgan fingerprint density at radius 2 is 1.80 bits per heavy atom. The molecule has 2 N–H and O–H groups in total. The Bertz CT molecular complexity index is 1480.